The minimum atomic E-state index is -4.17. The summed E-state index contributed by atoms with van der Waals surface area (Å²) in [5, 5.41) is 7.62. The van der Waals surface area contributed by atoms with Gasteiger partial charge in [-0.05, 0) is 31.0 Å². The van der Waals surface area contributed by atoms with Crippen LogP contribution in [0.15, 0.2) is 35.2 Å². The third kappa shape index (κ3) is 3.91. The lowest BCUT2D eigenvalue weighted by Crippen LogP contribution is -2.44. The zero-order valence-corrected chi connectivity index (χ0v) is 14.7. The van der Waals surface area contributed by atoms with E-state index in [9.17, 15) is 17.2 Å². The van der Waals surface area contributed by atoms with E-state index in [-0.39, 0.29) is 19.0 Å². The van der Waals surface area contributed by atoms with E-state index >= 15 is 0 Å². The molecule has 0 radical (unpaired) electrons. The second-order valence-electron chi connectivity index (χ2n) is 5.73. The van der Waals surface area contributed by atoms with E-state index in [1.54, 1.807) is 12.1 Å². The van der Waals surface area contributed by atoms with E-state index < -0.39 is 32.7 Å². The Balaban J connectivity index is 1.75. The molecule has 1 aliphatic heterocycles. The Morgan fingerprint density at radius 3 is 2.58 bits per heavy atom. The molecule has 1 aromatic carbocycles. The van der Waals surface area contributed by atoms with Crippen LogP contribution in [0.3, 0.4) is 0 Å². The van der Waals surface area contributed by atoms with E-state index in [0.717, 1.165) is 16.4 Å². The molecule has 1 saturated heterocycles. The SMILES string of the molecule is COc1ccc(OC2CCCN(S(=O)(=O)c3cc(F)ccc3F)C2)nn1. The molecule has 0 N–H and O–H groups in total. The Hall–Kier alpha value is -2.33. The van der Waals surface area contributed by atoms with Crippen molar-refractivity contribution in [2.24, 2.45) is 0 Å². The molecule has 0 saturated carbocycles. The Bertz CT molecular complexity index is 878. The highest BCUT2D eigenvalue weighted by atomic mass is 32.2. The molecular weight excluding hydrogens is 368 g/mol. The molecule has 2 heterocycles. The van der Waals surface area contributed by atoms with Crippen molar-refractivity contribution in [3.05, 3.63) is 42.0 Å². The van der Waals surface area contributed by atoms with Crippen LogP contribution < -0.4 is 9.47 Å². The van der Waals surface area contributed by atoms with Gasteiger partial charge in [-0.15, -0.1) is 10.2 Å². The number of halogens is 2. The lowest BCUT2D eigenvalue weighted by molar-refractivity contribution is 0.123. The molecule has 1 fully saturated rings. The number of aromatic nitrogens is 2. The molecule has 3 rings (SSSR count). The summed E-state index contributed by atoms with van der Waals surface area (Å²) in [6.45, 7) is 0.207. The summed E-state index contributed by atoms with van der Waals surface area (Å²) in [5.74, 6) is -1.25. The van der Waals surface area contributed by atoms with Gasteiger partial charge in [-0.1, -0.05) is 0 Å². The van der Waals surface area contributed by atoms with E-state index in [2.05, 4.69) is 10.2 Å². The quantitative estimate of drug-likeness (QED) is 0.783. The summed E-state index contributed by atoms with van der Waals surface area (Å²) in [7, 11) is -2.71. The van der Waals surface area contributed by atoms with Crippen LogP contribution in [-0.2, 0) is 10.0 Å². The van der Waals surface area contributed by atoms with Crippen LogP contribution in [0.4, 0.5) is 8.78 Å². The lowest BCUT2D eigenvalue weighted by atomic mass is 10.1. The third-order valence-corrected chi connectivity index (χ3v) is 5.84. The Kier molecular flexibility index (Phi) is 5.33. The minimum Gasteiger partial charge on any atom is -0.480 e. The van der Waals surface area contributed by atoms with Gasteiger partial charge in [0.15, 0.2) is 0 Å². The second kappa shape index (κ2) is 7.50. The van der Waals surface area contributed by atoms with Gasteiger partial charge in [-0.2, -0.15) is 4.31 Å². The highest BCUT2D eigenvalue weighted by molar-refractivity contribution is 7.89. The average Bonchev–Trinajstić information content (AvgIpc) is 2.64. The van der Waals surface area contributed by atoms with E-state index in [1.165, 1.54) is 7.11 Å². The number of sulfonamides is 1. The van der Waals surface area contributed by atoms with Crippen LogP contribution in [0, 0.1) is 11.6 Å². The number of hydrogen-bond acceptors (Lipinski definition) is 6. The van der Waals surface area contributed by atoms with Gasteiger partial charge >= 0.3 is 0 Å². The standard InChI is InChI=1S/C16H17F2N3O4S/c1-24-15-6-7-16(20-19-15)25-12-3-2-8-21(10-12)26(22,23)14-9-11(17)4-5-13(14)18/h4-7,9,12H,2-3,8,10H2,1H3. The predicted octanol–water partition coefficient (Wildman–Crippen LogP) is 2.00. The molecule has 0 spiro atoms. The first-order valence-corrected chi connectivity index (χ1v) is 9.34. The normalized spacial score (nSPS) is 18.5. The van der Waals surface area contributed by atoms with E-state index in [4.69, 9.17) is 9.47 Å². The summed E-state index contributed by atoms with van der Waals surface area (Å²) in [6.07, 6.45) is 0.647. The maximum atomic E-state index is 13.9. The van der Waals surface area contributed by atoms with E-state index in [0.29, 0.717) is 24.8 Å². The summed E-state index contributed by atoms with van der Waals surface area (Å²) >= 11 is 0. The van der Waals surface area contributed by atoms with Crippen molar-refractivity contribution in [2.75, 3.05) is 20.2 Å². The largest absolute Gasteiger partial charge is 0.480 e. The van der Waals surface area contributed by atoms with Crippen LogP contribution in [0.1, 0.15) is 12.8 Å². The van der Waals surface area contributed by atoms with Crippen LogP contribution in [0.25, 0.3) is 0 Å². The first kappa shape index (κ1) is 18.5. The number of piperidine rings is 1. The number of rotatable bonds is 5. The Morgan fingerprint density at radius 2 is 1.88 bits per heavy atom. The lowest BCUT2D eigenvalue weighted by Gasteiger charge is -2.31. The fourth-order valence-electron chi connectivity index (χ4n) is 2.68. The number of nitrogens with zero attached hydrogens (tertiary/aromatic N) is 3. The predicted molar refractivity (Wildman–Crippen MR) is 87.4 cm³/mol. The van der Waals surface area contributed by atoms with Crippen molar-refractivity contribution in [3.8, 4) is 11.8 Å². The molecule has 7 nitrogen and oxygen atoms in total. The molecule has 1 aliphatic rings. The van der Waals surface area contributed by atoms with Gasteiger partial charge in [0.25, 0.3) is 0 Å². The molecule has 2 aromatic rings. The fraction of sp³-hybridized carbons (Fsp3) is 0.375. The molecule has 0 bridgehead atoms. The maximum absolute atomic E-state index is 13.9. The number of benzene rings is 1. The molecule has 0 aliphatic carbocycles. The minimum absolute atomic E-state index is 0.00595. The Morgan fingerprint density at radius 1 is 1.15 bits per heavy atom. The van der Waals surface area contributed by atoms with Gasteiger partial charge in [0.05, 0.1) is 13.7 Å². The maximum Gasteiger partial charge on any atom is 0.246 e. The Labute approximate surface area is 149 Å². The van der Waals surface area contributed by atoms with Crippen molar-refractivity contribution in [3.63, 3.8) is 0 Å². The van der Waals surface area contributed by atoms with Crippen molar-refractivity contribution in [1.29, 1.82) is 0 Å². The van der Waals surface area contributed by atoms with Gasteiger partial charge < -0.3 is 9.47 Å². The van der Waals surface area contributed by atoms with Crippen molar-refractivity contribution < 1.29 is 26.7 Å². The monoisotopic (exact) mass is 385 g/mol. The number of methoxy groups -OCH3 is 1. The van der Waals surface area contributed by atoms with Gasteiger partial charge in [-0.25, -0.2) is 17.2 Å². The van der Waals surface area contributed by atoms with Gasteiger partial charge in [0, 0.05) is 18.7 Å². The van der Waals surface area contributed by atoms with Crippen LogP contribution in [0.5, 0.6) is 11.8 Å². The van der Waals surface area contributed by atoms with E-state index in [1.807, 2.05) is 0 Å². The smallest absolute Gasteiger partial charge is 0.246 e. The zero-order chi connectivity index (χ0) is 18.7. The summed E-state index contributed by atoms with van der Waals surface area (Å²) < 4.78 is 64.3. The summed E-state index contributed by atoms with van der Waals surface area (Å²) in [4.78, 5) is -0.678. The summed E-state index contributed by atoms with van der Waals surface area (Å²) in [5.41, 5.74) is 0. The van der Waals surface area contributed by atoms with Crippen LogP contribution in [0.2, 0.25) is 0 Å². The topological polar surface area (TPSA) is 81.6 Å². The van der Waals surface area contributed by atoms with Gasteiger partial charge in [0.2, 0.25) is 21.8 Å². The van der Waals surface area contributed by atoms with Crippen molar-refractivity contribution in [1.82, 2.24) is 14.5 Å². The molecule has 1 unspecified atom stereocenters. The molecule has 10 heteroatoms. The third-order valence-electron chi connectivity index (χ3n) is 3.96. The summed E-state index contributed by atoms with van der Waals surface area (Å²) in [6, 6.07) is 5.49. The molecule has 1 aromatic heterocycles. The van der Waals surface area contributed by atoms with Gasteiger partial charge in [0.1, 0.15) is 22.6 Å². The van der Waals surface area contributed by atoms with Crippen molar-refractivity contribution in [2.45, 2.75) is 23.8 Å². The second-order valence-corrected chi connectivity index (χ2v) is 7.64. The van der Waals surface area contributed by atoms with Crippen LogP contribution >= 0.6 is 0 Å². The number of ether oxygens (including phenoxy) is 2. The molecular formula is C16H17F2N3O4S. The highest BCUT2D eigenvalue weighted by Gasteiger charge is 2.33. The fourth-order valence-corrected chi connectivity index (χ4v) is 4.27. The van der Waals surface area contributed by atoms with Crippen LogP contribution in [-0.4, -0.2) is 49.2 Å². The van der Waals surface area contributed by atoms with Gasteiger partial charge in [-0.3, -0.25) is 0 Å². The molecule has 26 heavy (non-hydrogen) atoms. The first-order valence-electron chi connectivity index (χ1n) is 7.90. The molecule has 1 atom stereocenters. The highest BCUT2D eigenvalue weighted by Crippen LogP contribution is 2.25. The molecule has 140 valence electrons. The zero-order valence-electron chi connectivity index (χ0n) is 13.9. The molecule has 0 amide bonds. The average molecular weight is 385 g/mol. The van der Waals surface area contributed by atoms with Crippen molar-refractivity contribution >= 4 is 10.0 Å². The first-order chi connectivity index (χ1) is 12.4. The number of hydrogen-bond donors (Lipinski definition) is 0.